The molecular weight excluding hydrogens is 634 g/mol. The van der Waals surface area contributed by atoms with Crippen molar-refractivity contribution in [2.75, 3.05) is 20.1 Å². The normalized spacial score (nSPS) is 30.7. The quantitative estimate of drug-likeness (QED) is 0.282. The van der Waals surface area contributed by atoms with Gasteiger partial charge >= 0.3 is 11.9 Å². The van der Waals surface area contributed by atoms with Crippen LogP contribution >= 0.6 is 0 Å². The van der Waals surface area contributed by atoms with Crippen LogP contribution in [0, 0.1) is 17.8 Å². The highest BCUT2D eigenvalue weighted by molar-refractivity contribution is 6.01. The number of aromatic nitrogens is 1. The van der Waals surface area contributed by atoms with Crippen molar-refractivity contribution in [3.8, 4) is 0 Å². The minimum Gasteiger partial charge on any atom is -0.478 e. The van der Waals surface area contributed by atoms with Crippen LogP contribution in [0.15, 0.2) is 42.6 Å². The molecule has 1 aromatic carbocycles. The Labute approximate surface area is 283 Å². The van der Waals surface area contributed by atoms with E-state index in [-0.39, 0.29) is 23.8 Å². The number of carboxylic acid groups (broad SMARTS) is 2. The Kier molecular flexibility index (Phi) is 8.70. The Balaban J connectivity index is 0.000000466. The Morgan fingerprint density at radius 3 is 2.43 bits per heavy atom. The molecule has 3 saturated heterocycles. The van der Waals surface area contributed by atoms with Gasteiger partial charge in [0.2, 0.25) is 17.5 Å². The van der Waals surface area contributed by atoms with Gasteiger partial charge in [-0.25, -0.2) is 9.59 Å². The zero-order valence-electron chi connectivity index (χ0n) is 28.2. The summed E-state index contributed by atoms with van der Waals surface area (Å²) in [4.78, 5) is 69.5. The number of fused-ring (bicyclic) bond motifs is 5. The van der Waals surface area contributed by atoms with E-state index in [1.54, 1.807) is 18.7 Å². The first-order valence-electron chi connectivity index (χ1n) is 16.6. The third-order valence-corrected chi connectivity index (χ3v) is 10.4. The average Bonchev–Trinajstić information content (AvgIpc) is 3.75. The molecule has 6 atom stereocenters. The van der Waals surface area contributed by atoms with Gasteiger partial charge in [0.25, 0.3) is 11.8 Å². The molecule has 5 heterocycles. The number of nitrogens with zero attached hydrogens (tertiary/aromatic N) is 3. The molecule has 5 aliphatic rings. The van der Waals surface area contributed by atoms with Crippen LogP contribution in [0.1, 0.15) is 51.7 Å². The predicted molar refractivity (Wildman–Crippen MR) is 176 cm³/mol. The highest BCUT2D eigenvalue weighted by Crippen LogP contribution is 2.49. The van der Waals surface area contributed by atoms with Crippen molar-refractivity contribution in [3.63, 3.8) is 0 Å². The van der Waals surface area contributed by atoms with E-state index in [0.717, 1.165) is 23.1 Å². The maximum atomic E-state index is 14.3. The number of aliphatic hydroxyl groups is 1. The monoisotopic (exact) mass is 677 g/mol. The second-order valence-electron chi connectivity index (χ2n) is 14.1. The van der Waals surface area contributed by atoms with E-state index in [1.807, 2.05) is 33.0 Å². The van der Waals surface area contributed by atoms with E-state index < -0.39 is 53.4 Å². The molecule has 3 fully saturated rings. The van der Waals surface area contributed by atoms with Gasteiger partial charge in [-0.1, -0.05) is 45.9 Å². The molecule has 0 saturated carbocycles. The molecule has 1 aliphatic carbocycles. The number of carboxylic acids is 2. The number of H-pyrrole nitrogens is 1. The molecule has 0 unspecified atom stereocenters. The Morgan fingerprint density at radius 1 is 1.10 bits per heavy atom. The number of nitrogens with one attached hydrogen (secondary N) is 2. The van der Waals surface area contributed by atoms with Crippen LogP contribution in [0.5, 0.6) is 0 Å². The van der Waals surface area contributed by atoms with Crippen LogP contribution < -0.4 is 5.32 Å². The number of aromatic amines is 1. The number of aliphatic carboxylic acids is 2. The molecular formula is C35H43N5O9. The topological polar surface area (TPSA) is 193 Å². The predicted octanol–water partition coefficient (Wildman–Crippen LogP) is 1.75. The van der Waals surface area contributed by atoms with E-state index in [1.165, 1.54) is 15.8 Å². The fourth-order valence-electron chi connectivity index (χ4n) is 8.11. The van der Waals surface area contributed by atoms with Crippen molar-refractivity contribution in [2.45, 2.75) is 76.7 Å². The lowest BCUT2D eigenvalue weighted by Crippen LogP contribution is -2.72. The minimum absolute atomic E-state index is 0.150. The van der Waals surface area contributed by atoms with Gasteiger partial charge in [-0.2, -0.15) is 0 Å². The van der Waals surface area contributed by atoms with Gasteiger partial charge in [0.05, 0.1) is 5.92 Å². The standard InChI is InChI=1S/C31H39N5O5.C4H4O4/c1-16(2)26-28(38)35-11-7-10-24(35)31(40)36(26)29(39)30(41-31,17(3)4)33-27(37)19-12-21-20-8-6-9-22-25(20)18(14-32-22)13-23(21)34(5)15-19;5-3(6)1-2-4(7)8/h6,8-9,12,14,16-17,19,23-24,26,32,40H,7,10-11,13,15H2,1-5H3,(H,33,37);1-2H,(H,5,6)(H,7,8)/b;2-1-/t19-,23-,24+,26-,30-,31+;/m1./s1. The number of amides is 3. The molecule has 14 nitrogen and oxygen atoms in total. The number of piperazine rings is 1. The van der Waals surface area contributed by atoms with Crippen LogP contribution in [0.4, 0.5) is 0 Å². The lowest BCUT2D eigenvalue weighted by atomic mass is 9.79. The van der Waals surface area contributed by atoms with Gasteiger partial charge < -0.3 is 30.5 Å². The van der Waals surface area contributed by atoms with Gasteiger partial charge in [-0.15, -0.1) is 0 Å². The zero-order chi connectivity index (χ0) is 35.6. The molecule has 1 aromatic heterocycles. The molecule has 3 amide bonds. The fourth-order valence-corrected chi connectivity index (χ4v) is 8.11. The number of carbonyl (C=O) groups is 5. The van der Waals surface area contributed by atoms with Crippen LogP contribution in [0.2, 0.25) is 0 Å². The summed E-state index contributed by atoms with van der Waals surface area (Å²) in [7, 11) is 2.03. The zero-order valence-corrected chi connectivity index (χ0v) is 28.2. The van der Waals surface area contributed by atoms with Crippen molar-refractivity contribution in [1.29, 1.82) is 0 Å². The summed E-state index contributed by atoms with van der Waals surface area (Å²) >= 11 is 0. The molecule has 14 heteroatoms. The lowest BCUT2D eigenvalue weighted by molar-refractivity contribution is -0.323. The number of hydrogen-bond donors (Lipinski definition) is 5. The van der Waals surface area contributed by atoms with E-state index in [2.05, 4.69) is 33.5 Å². The van der Waals surface area contributed by atoms with Crippen molar-refractivity contribution >= 4 is 46.1 Å². The van der Waals surface area contributed by atoms with E-state index in [9.17, 15) is 29.1 Å². The van der Waals surface area contributed by atoms with Crippen LogP contribution in [0.3, 0.4) is 0 Å². The number of benzene rings is 1. The van der Waals surface area contributed by atoms with Gasteiger partial charge in [0, 0.05) is 54.3 Å². The summed E-state index contributed by atoms with van der Waals surface area (Å²) in [6.07, 6.45) is 7.33. The maximum absolute atomic E-state index is 14.3. The molecule has 0 bridgehead atoms. The first kappa shape index (κ1) is 34.3. The summed E-state index contributed by atoms with van der Waals surface area (Å²) in [6, 6.07) is 4.80. The number of ether oxygens (including phenoxy) is 1. The SMILES string of the molecule is CC(C)[C@@H]1C(=O)N2CCC[C@H]2[C@]2(O)O[C@](NC(=O)[C@@H]3C=C4c5cccc6[nH]cc(c56)C[C@H]4N(C)C3)(C(C)C)C(=O)N12.O=C(O)/C=C\C(=O)O. The van der Waals surface area contributed by atoms with E-state index in [4.69, 9.17) is 14.9 Å². The summed E-state index contributed by atoms with van der Waals surface area (Å²) < 4.78 is 6.40. The average molecular weight is 678 g/mol. The highest BCUT2D eigenvalue weighted by atomic mass is 16.7. The number of carbonyl (C=O) groups excluding carboxylic acids is 3. The second-order valence-corrected chi connectivity index (χ2v) is 14.1. The summed E-state index contributed by atoms with van der Waals surface area (Å²) in [5.41, 5.74) is 2.78. The first-order chi connectivity index (χ1) is 23.1. The molecule has 7 rings (SSSR count). The smallest absolute Gasteiger partial charge is 0.328 e. The van der Waals surface area contributed by atoms with Gasteiger partial charge in [-0.3, -0.25) is 28.9 Å². The fraction of sp³-hybridized carbons (Fsp3) is 0.514. The van der Waals surface area contributed by atoms with Crippen molar-refractivity contribution in [3.05, 3.63) is 53.8 Å². The molecule has 0 spiro atoms. The van der Waals surface area contributed by atoms with Crippen molar-refractivity contribution in [1.82, 2.24) is 25.0 Å². The van der Waals surface area contributed by atoms with Gasteiger partial charge in [0.15, 0.2) is 0 Å². The Hall–Kier alpha value is -4.53. The second kappa shape index (κ2) is 12.4. The molecule has 262 valence electrons. The summed E-state index contributed by atoms with van der Waals surface area (Å²) in [5, 5.41) is 31.9. The number of hydrogen-bond acceptors (Lipinski definition) is 8. The molecule has 2 aromatic rings. The Morgan fingerprint density at radius 2 is 1.80 bits per heavy atom. The third-order valence-electron chi connectivity index (χ3n) is 10.4. The first-order valence-corrected chi connectivity index (χ1v) is 16.6. The lowest BCUT2D eigenvalue weighted by Gasteiger charge is -2.49. The van der Waals surface area contributed by atoms with E-state index in [0.29, 0.717) is 38.1 Å². The van der Waals surface area contributed by atoms with E-state index >= 15 is 0 Å². The van der Waals surface area contributed by atoms with Crippen molar-refractivity contribution < 1.29 is 44.0 Å². The van der Waals surface area contributed by atoms with Crippen LogP contribution in [-0.2, 0) is 35.1 Å². The van der Waals surface area contributed by atoms with Gasteiger partial charge in [-0.05, 0) is 55.0 Å². The van der Waals surface area contributed by atoms with Crippen molar-refractivity contribution in [2.24, 2.45) is 17.8 Å². The molecule has 0 radical (unpaired) electrons. The molecule has 5 N–H and O–H groups in total. The molecule has 49 heavy (non-hydrogen) atoms. The third kappa shape index (κ3) is 5.51. The Bertz CT molecular complexity index is 1770. The number of likely N-dealkylation sites (N-methyl/N-ethyl adjacent to an activating group) is 1. The van der Waals surface area contributed by atoms with Crippen LogP contribution in [0.25, 0.3) is 16.5 Å². The molecule has 4 aliphatic heterocycles. The minimum atomic E-state index is -2.01. The summed E-state index contributed by atoms with van der Waals surface area (Å²) in [5.74, 6) is -6.87. The largest absolute Gasteiger partial charge is 0.478 e. The van der Waals surface area contributed by atoms with Crippen LogP contribution in [-0.4, -0.2) is 115 Å². The highest BCUT2D eigenvalue weighted by Gasteiger charge is 2.72. The maximum Gasteiger partial charge on any atom is 0.328 e. The van der Waals surface area contributed by atoms with Gasteiger partial charge in [0.1, 0.15) is 12.1 Å². The summed E-state index contributed by atoms with van der Waals surface area (Å²) in [6.45, 7) is 8.32. The number of rotatable bonds is 6.